The van der Waals surface area contributed by atoms with Gasteiger partial charge in [-0.05, 0) is 80.7 Å². The molecular formula is C27H28F2N6O. The Hall–Kier alpha value is -4.24. The molecule has 1 aromatic heterocycles. The molecule has 0 spiro atoms. The number of nitrogens with two attached hydrogens (primary N) is 2. The van der Waals surface area contributed by atoms with E-state index in [0.29, 0.717) is 47.0 Å². The van der Waals surface area contributed by atoms with Gasteiger partial charge in [0, 0.05) is 41.3 Å². The number of nitrogens with zero attached hydrogens (tertiary/aromatic N) is 2. The van der Waals surface area contributed by atoms with E-state index in [1.807, 2.05) is 38.1 Å². The monoisotopic (exact) mass is 490 g/mol. The predicted octanol–water partition coefficient (Wildman–Crippen LogP) is 4.49. The Labute approximate surface area is 208 Å². The fourth-order valence-electron chi connectivity index (χ4n) is 4.09. The number of halogens is 2. The molecule has 6 N–H and O–H groups in total. The van der Waals surface area contributed by atoms with E-state index in [-0.39, 0.29) is 11.7 Å². The molecule has 186 valence electrons. The van der Waals surface area contributed by atoms with Gasteiger partial charge in [-0.15, -0.1) is 0 Å². The van der Waals surface area contributed by atoms with E-state index in [0.717, 1.165) is 22.5 Å². The maximum Gasteiger partial charge on any atom is 0.252 e. The van der Waals surface area contributed by atoms with Gasteiger partial charge in [0.15, 0.2) is 0 Å². The number of fused-ring (bicyclic) bond motifs is 1. The summed E-state index contributed by atoms with van der Waals surface area (Å²) in [7, 11) is 3.96. The highest BCUT2D eigenvalue weighted by molar-refractivity contribution is 6.06. The van der Waals surface area contributed by atoms with Crippen LogP contribution in [0.15, 0.2) is 54.6 Å². The number of anilines is 2. The largest absolute Gasteiger partial charge is 0.399 e. The van der Waals surface area contributed by atoms with Crippen molar-refractivity contribution >= 4 is 17.3 Å². The number of imidazole rings is 1. The van der Waals surface area contributed by atoms with Crippen molar-refractivity contribution < 1.29 is 13.6 Å². The molecule has 0 aliphatic carbocycles. The van der Waals surface area contributed by atoms with Crippen molar-refractivity contribution in [1.82, 2.24) is 20.2 Å². The van der Waals surface area contributed by atoms with Gasteiger partial charge in [-0.1, -0.05) is 6.07 Å². The van der Waals surface area contributed by atoms with E-state index >= 15 is 0 Å². The van der Waals surface area contributed by atoms with Crippen LogP contribution in [0.5, 0.6) is 0 Å². The first-order valence-electron chi connectivity index (χ1n) is 11.3. The first kappa shape index (κ1) is 24.9. The van der Waals surface area contributed by atoms with E-state index in [1.54, 1.807) is 12.1 Å². The summed E-state index contributed by atoms with van der Waals surface area (Å²) in [6.45, 7) is 3.02. The van der Waals surface area contributed by atoms with Gasteiger partial charge < -0.3 is 26.7 Å². The van der Waals surface area contributed by atoms with E-state index in [9.17, 15) is 13.6 Å². The molecule has 0 saturated carbocycles. The van der Waals surface area contributed by atoms with Crippen LogP contribution in [0.4, 0.5) is 20.2 Å². The zero-order valence-corrected chi connectivity index (χ0v) is 20.3. The van der Waals surface area contributed by atoms with Crippen LogP contribution in [-0.2, 0) is 13.1 Å². The van der Waals surface area contributed by atoms with Gasteiger partial charge in [0.1, 0.15) is 17.5 Å². The summed E-state index contributed by atoms with van der Waals surface area (Å²) in [6, 6.07) is 14.0. The Morgan fingerprint density at radius 2 is 1.58 bits per heavy atom. The number of rotatable bonds is 4. The third-order valence-corrected chi connectivity index (χ3v) is 5.83. The third kappa shape index (κ3) is 5.21. The molecule has 1 amide bonds. The first-order valence-corrected chi connectivity index (χ1v) is 11.3. The molecular weight excluding hydrogens is 462 g/mol. The summed E-state index contributed by atoms with van der Waals surface area (Å²) in [6.07, 6.45) is 0. The number of benzene rings is 3. The number of nitrogen functional groups attached to an aromatic ring is 2. The van der Waals surface area contributed by atoms with Crippen molar-refractivity contribution in [3.8, 4) is 22.5 Å². The van der Waals surface area contributed by atoms with Gasteiger partial charge in [0.25, 0.3) is 5.91 Å². The van der Waals surface area contributed by atoms with Gasteiger partial charge in [-0.2, -0.15) is 0 Å². The van der Waals surface area contributed by atoms with Crippen LogP contribution >= 0.6 is 0 Å². The summed E-state index contributed by atoms with van der Waals surface area (Å²) in [5, 5.41) is 2.85. The molecule has 7 nitrogen and oxygen atoms in total. The van der Waals surface area contributed by atoms with Crippen molar-refractivity contribution in [2.24, 2.45) is 0 Å². The van der Waals surface area contributed by atoms with Crippen LogP contribution in [0.3, 0.4) is 0 Å². The van der Waals surface area contributed by atoms with Gasteiger partial charge in [-0.25, -0.2) is 13.8 Å². The van der Waals surface area contributed by atoms with Gasteiger partial charge in [0.05, 0.1) is 11.3 Å². The molecule has 1 aliphatic heterocycles. The fourth-order valence-corrected chi connectivity index (χ4v) is 4.09. The number of nitrogens with one attached hydrogen (secondary N) is 2. The standard InChI is InChI=1S/C21H22FN5O.C6H6FN/c1-11-18(10-27(2)3)26-20(25-11)15-7-6-13(16-9-24-21(28)19(15)16)14-5-4-12(23)8-17(14)22;7-5-1-3-6(8)4-2-5/h4-8H,9-10,23H2,1-3H3,(H,24,28)(H,25,26);1-4H,8H2. The number of carbonyl (C=O) groups is 1. The summed E-state index contributed by atoms with van der Waals surface area (Å²) in [5.74, 6) is -0.187. The molecule has 0 unspecified atom stereocenters. The lowest BCUT2D eigenvalue weighted by atomic mass is 9.92. The number of aryl methyl sites for hydroxylation is 1. The SMILES string of the molecule is Cc1[nH]c(-c2ccc(-c3ccc(N)cc3F)c3c2C(=O)NC3)nc1CN(C)C.Nc1ccc(F)cc1. The number of hydrogen-bond donors (Lipinski definition) is 4. The predicted molar refractivity (Wildman–Crippen MR) is 138 cm³/mol. The summed E-state index contributed by atoms with van der Waals surface area (Å²) in [5.41, 5.74) is 16.9. The molecule has 0 saturated heterocycles. The van der Waals surface area contributed by atoms with Gasteiger partial charge in [0.2, 0.25) is 0 Å². The quantitative estimate of drug-likeness (QED) is 0.315. The topological polar surface area (TPSA) is 113 Å². The first-order chi connectivity index (χ1) is 17.1. The maximum absolute atomic E-state index is 14.5. The van der Waals surface area contributed by atoms with Crippen LogP contribution in [0, 0.1) is 18.6 Å². The molecule has 2 heterocycles. The van der Waals surface area contributed by atoms with E-state index in [2.05, 4.69) is 10.3 Å². The average Bonchev–Trinajstić information content (AvgIpc) is 3.38. The number of carbonyl (C=O) groups excluding carboxylic acids is 1. The van der Waals surface area contributed by atoms with E-state index in [1.165, 1.54) is 30.3 Å². The Kier molecular flexibility index (Phi) is 7.03. The van der Waals surface area contributed by atoms with Crippen molar-refractivity contribution in [2.45, 2.75) is 20.0 Å². The lowest BCUT2D eigenvalue weighted by molar-refractivity contribution is 0.0966. The molecule has 0 radical (unpaired) electrons. The number of H-pyrrole nitrogens is 1. The Morgan fingerprint density at radius 1 is 0.944 bits per heavy atom. The molecule has 3 aromatic carbocycles. The molecule has 5 rings (SSSR count). The van der Waals surface area contributed by atoms with Gasteiger partial charge in [-0.3, -0.25) is 4.79 Å². The van der Waals surface area contributed by atoms with E-state index < -0.39 is 5.82 Å². The highest BCUT2D eigenvalue weighted by Crippen LogP contribution is 2.37. The zero-order chi connectivity index (χ0) is 26.0. The molecule has 0 atom stereocenters. The molecule has 36 heavy (non-hydrogen) atoms. The van der Waals surface area contributed by atoms with Crippen LogP contribution in [0.25, 0.3) is 22.5 Å². The molecule has 9 heteroatoms. The Morgan fingerprint density at radius 3 is 2.22 bits per heavy atom. The molecule has 0 fully saturated rings. The third-order valence-electron chi connectivity index (χ3n) is 5.83. The Balaban J connectivity index is 0.000000325. The van der Waals surface area contributed by atoms with Crippen LogP contribution in [0.1, 0.15) is 27.3 Å². The number of hydrogen-bond acceptors (Lipinski definition) is 5. The van der Waals surface area contributed by atoms with Crippen LogP contribution < -0.4 is 16.8 Å². The maximum atomic E-state index is 14.5. The zero-order valence-electron chi connectivity index (χ0n) is 20.3. The minimum atomic E-state index is -0.406. The van der Waals surface area contributed by atoms with Crippen molar-refractivity contribution in [1.29, 1.82) is 0 Å². The van der Waals surface area contributed by atoms with Gasteiger partial charge >= 0.3 is 0 Å². The number of aromatic nitrogens is 2. The fraction of sp³-hybridized carbons (Fsp3) is 0.185. The van der Waals surface area contributed by atoms with Crippen molar-refractivity contribution in [3.63, 3.8) is 0 Å². The van der Waals surface area contributed by atoms with Crippen LogP contribution in [-0.4, -0.2) is 34.9 Å². The molecule has 1 aliphatic rings. The lowest BCUT2D eigenvalue weighted by Gasteiger charge is -2.12. The minimum absolute atomic E-state index is 0.175. The Bertz CT molecular complexity index is 1390. The lowest BCUT2D eigenvalue weighted by Crippen LogP contribution is -2.13. The second kappa shape index (κ2) is 10.2. The number of aromatic amines is 1. The summed E-state index contributed by atoms with van der Waals surface area (Å²) in [4.78, 5) is 22.6. The molecule has 0 bridgehead atoms. The van der Waals surface area contributed by atoms with Crippen LogP contribution in [0.2, 0.25) is 0 Å². The number of amides is 1. The van der Waals surface area contributed by atoms with Crippen molar-refractivity contribution in [3.05, 3.63) is 88.7 Å². The normalized spacial score (nSPS) is 12.2. The minimum Gasteiger partial charge on any atom is -0.399 e. The average molecular weight is 491 g/mol. The summed E-state index contributed by atoms with van der Waals surface area (Å²) < 4.78 is 26.5. The smallest absolute Gasteiger partial charge is 0.252 e. The second-order valence-corrected chi connectivity index (χ2v) is 8.88. The molecule has 4 aromatic rings. The second-order valence-electron chi connectivity index (χ2n) is 8.88. The van der Waals surface area contributed by atoms with E-state index in [4.69, 9.17) is 16.5 Å². The highest BCUT2D eigenvalue weighted by Gasteiger charge is 2.28. The van der Waals surface area contributed by atoms with Crippen molar-refractivity contribution in [2.75, 3.05) is 25.6 Å². The highest BCUT2D eigenvalue weighted by atomic mass is 19.1. The summed E-state index contributed by atoms with van der Waals surface area (Å²) >= 11 is 0.